The fraction of sp³-hybridized carbons (Fsp3) is 0.333. The minimum atomic E-state index is -3.31. The van der Waals surface area contributed by atoms with Gasteiger partial charge in [-0.25, -0.2) is 4.72 Å². The molecule has 12 heavy (non-hydrogen) atoms. The highest BCUT2D eigenvalue weighted by Gasteiger charge is 2.04. The summed E-state index contributed by atoms with van der Waals surface area (Å²) in [6.07, 6.45) is 3.47. The van der Waals surface area contributed by atoms with Crippen molar-refractivity contribution in [1.29, 1.82) is 0 Å². The second kappa shape index (κ2) is 3.70. The summed E-state index contributed by atoms with van der Waals surface area (Å²) in [7, 11) is -1.95. The summed E-state index contributed by atoms with van der Waals surface area (Å²) >= 11 is 0. The van der Waals surface area contributed by atoms with E-state index < -0.39 is 10.2 Å². The number of nitrogens with one attached hydrogen (secondary N) is 3. The SMILES string of the molecule is CNS(=O)(=O)NCc1cc[nH]c1. The highest BCUT2D eigenvalue weighted by molar-refractivity contribution is 7.87. The normalized spacial score (nSPS) is 11.8. The average Bonchev–Trinajstić information content (AvgIpc) is 2.53. The first kappa shape index (κ1) is 9.24. The lowest BCUT2D eigenvalue weighted by molar-refractivity contribution is 0.573. The largest absolute Gasteiger partial charge is 0.367 e. The van der Waals surface area contributed by atoms with Crippen LogP contribution in [0.4, 0.5) is 0 Å². The second-order valence-corrected chi connectivity index (χ2v) is 3.95. The highest BCUT2D eigenvalue weighted by Crippen LogP contribution is 1.95. The number of hydrogen-bond acceptors (Lipinski definition) is 2. The molecule has 0 spiro atoms. The molecule has 0 atom stereocenters. The van der Waals surface area contributed by atoms with Crippen LogP contribution in [0.2, 0.25) is 0 Å². The van der Waals surface area contributed by atoms with Crippen molar-refractivity contribution in [1.82, 2.24) is 14.4 Å². The third-order valence-electron chi connectivity index (χ3n) is 1.40. The molecule has 1 rings (SSSR count). The van der Waals surface area contributed by atoms with Crippen LogP contribution in [0.3, 0.4) is 0 Å². The van der Waals surface area contributed by atoms with Crippen LogP contribution < -0.4 is 9.44 Å². The van der Waals surface area contributed by atoms with Gasteiger partial charge < -0.3 is 4.98 Å². The topological polar surface area (TPSA) is 74.0 Å². The van der Waals surface area contributed by atoms with Gasteiger partial charge in [-0.05, 0) is 11.6 Å². The van der Waals surface area contributed by atoms with E-state index in [1.165, 1.54) is 7.05 Å². The van der Waals surface area contributed by atoms with Gasteiger partial charge in [0.1, 0.15) is 0 Å². The second-order valence-electron chi connectivity index (χ2n) is 2.25. The van der Waals surface area contributed by atoms with Crippen LogP contribution in [-0.4, -0.2) is 20.4 Å². The van der Waals surface area contributed by atoms with Gasteiger partial charge in [0, 0.05) is 26.0 Å². The van der Waals surface area contributed by atoms with Crippen LogP contribution in [0, 0.1) is 0 Å². The van der Waals surface area contributed by atoms with Crippen LogP contribution in [-0.2, 0) is 16.8 Å². The molecule has 6 heteroatoms. The summed E-state index contributed by atoms with van der Waals surface area (Å²) < 4.78 is 26.2. The predicted octanol–water partition coefficient (Wildman–Crippen LogP) is -0.431. The number of hydrogen-bond donors (Lipinski definition) is 3. The summed E-state index contributed by atoms with van der Waals surface area (Å²) in [4.78, 5) is 2.83. The van der Waals surface area contributed by atoms with Crippen molar-refractivity contribution in [3.63, 3.8) is 0 Å². The lowest BCUT2D eigenvalue weighted by Gasteiger charge is -2.02. The van der Waals surface area contributed by atoms with Gasteiger partial charge in [-0.2, -0.15) is 13.1 Å². The van der Waals surface area contributed by atoms with Gasteiger partial charge in [0.25, 0.3) is 10.2 Å². The van der Waals surface area contributed by atoms with E-state index in [4.69, 9.17) is 0 Å². The molecule has 0 amide bonds. The van der Waals surface area contributed by atoms with Crippen LogP contribution in [0.25, 0.3) is 0 Å². The van der Waals surface area contributed by atoms with Crippen molar-refractivity contribution in [2.45, 2.75) is 6.54 Å². The molecule has 0 aromatic carbocycles. The molecule has 0 unspecified atom stereocenters. The Kier molecular flexibility index (Phi) is 2.85. The molecule has 1 heterocycles. The first-order chi connectivity index (χ1) is 5.64. The monoisotopic (exact) mass is 189 g/mol. The molecule has 1 aromatic rings. The lowest BCUT2D eigenvalue weighted by Crippen LogP contribution is -2.33. The van der Waals surface area contributed by atoms with Crippen molar-refractivity contribution in [2.24, 2.45) is 0 Å². The summed E-state index contributed by atoms with van der Waals surface area (Å²) in [6, 6.07) is 1.80. The third-order valence-corrected chi connectivity index (χ3v) is 2.46. The summed E-state index contributed by atoms with van der Waals surface area (Å²) in [5.41, 5.74) is 0.897. The zero-order valence-electron chi connectivity index (χ0n) is 6.66. The first-order valence-electron chi connectivity index (χ1n) is 3.44. The van der Waals surface area contributed by atoms with Gasteiger partial charge in [-0.15, -0.1) is 0 Å². The lowest BCUT2D eigenvalue weighted by atomic mass is 10.4. The van der Waals surface area contributed by atoms with E-state index in [2.05, 4.69) is 14.4 Å². The Morgan fingerprint density at radius 2 is 2.33 bits per heavy atom. The van der Waals surface area contributed by atoms with E-state index >= 15 is 0 Å². The smallest absolute Gasteiger partial charge is 0.276 e. The van der Waals surface area contributed by atoms with Gasteiger partial charge >= 0.3 is 0 Å². The number of H-pyrrole nitrogens is 1. The van der Waals surface area contributed by atoms with Gasteiger partial charge in [-0.1, -0.05) is 0 Å². The Morgan fingerprint density at radius 3 is 2.83 bits per heavy atom. The molecule has 5 nitrogen and oxygen atoms in total. The van der Waals surface area contributed by atoms with Gasteiger partial charge in [0.2, 0.25) is 0 Å². The maximum Gasteiger partial charge on any atom is 0.276 e. The molecule has 3 N–H and O–H groups in total. The van der Waals surface area contributed by atoms with Crippen molar-refractivity contribution >= 4 is 10.2 Å². The molecule has 0 aliphatic rings. The van der Waals surface area contributed by atoms with E-state index in [9.17, 15) is 8.42 Å². The molecule has 0 fully saturated rings. The summed E-state index contributed by atoms with van der Waals surface area (Å²) in [5.74, 6) is 0. The van der Waals surface area contributed by atoms with Crippen molar-refractivity contribution in [2.75, 3.05) is 7.05 Å². The molecule has 0 aliphatic heterocycles. The first-order valence-corrected chi connectivity index (χ1v) is 4.92. The molecular formula is C6H11N3O2S. The Labute approximate surface area is 71.4 Å². The maximum absolute atomic E-state index is 10.9. The fourth-order valence-electron chi connectivity index (χ4n) is 0.719. The quantitative estimate of drug-likeness (QED) is 0.601. The van der Waals surface area contributed by atoms with Crippen molar-refractivity contribution < 1.29 is 8.42 Å². The minimum absolute atomic E-state index is 0.298. The summed E-state index contributed by atoms with van der Waals surface area (Å²) in [5, 5.41) is 0. The number of rotatable bonds is 4. The zero-order valence-corrected chi connectivity index (χ0v) is 7.48. The Morgan fingerprint density at radius 1 is 1.58 bits per heavy atom. The molecular weight excluding hydrogens is 178 g/mol. The van der Waals surface area contributed by atoms with Crippen molar-refractivity contribution in [3.05, 3.63) is 24.0 Å². The molecule has 68 valence electrons. The fourth-order valence-corrected chi connectivity index (χ4v) is 1.22. The average molecular weight is 189 g/mol. The molecule has 0 bridgehead atoms. The van der Waals surface area contributed by atoms with E-state index in [-0.39, 0.29) is 0 Å². The van der Waals surface area contributed by atoms with Crippen LogP contribution in [0.1, 0.15) is 5.56 Å². The van der Waals surface area contributed by atoms with Gasteiger partial charge in [0.15, 0.2) is 0 Å². The third kappa shape index (κ3) is 2.65. The molecule has 0 aliphatic carbocycles. The molecule has 0 saturated carbocycles. The van der Waals surface area contributed by atoms with Crippen LogP contribution >= 0.6 is 0 Å². The highest BCUT2D eigenvalue weighted by atomic mass is 32.2. The Bertz CT molecular complexity index is 317. The molecule has 0 saturated heterocycles. The Balaban J connectivity index is 2.47. The van der Waals surface area contributed by atoms with E-state index in [0.29, 0.717) is 6.54 Å². The van der Waals surface area contributed by atoms with Gasteiger partial charge in [-0.3, -0.25) is 0 Å². The number of aromatic nitrogens is 1. The minimum Gasteiger partial charge on any atom is -0.367 e. The Hall–Kier alpha value is -0.850. The number of aromatic amines is 1. The van der Waals surface area contributed by atoms with Crippen LogP contribution in [0.15, 0.2) is 18.5 Å². The maximum atomic E-state index is 10.9. The van der Waals surface area contributed by atoms with Crippen LogP contribution in [0.5, 0.6) is 0 Å². The van der Waals surface area contributed by atoms with E-state index in [0.717, 1.165) is 5.56 Å². The van der Waals surface area contributed by atoms with Crippen molar-refractivity contribution in [3.8, 4) is 0 Å². The van der Waals surface area contributed by atoms with Gasteiger partial charge in [0.05, 0.1) is 0 Å². The molecule has 1 aromatic heterocycles. The predicted molar refractivity (Wildman–Crippen MR) is 45.6 cm³/mol. The van der Waals surface area contributed by atoms with E-state index in [1.807, 2.05) is 0 Å². The zero-order chi connectivity index (χ0) is 9.03. The molecule has 0 radical (unpaired) electrons. The summed E-state index contributed by atoms with van der Waals surface area (Å²) in [6.45, 7) is 0.298. The standard InChI is InChI=1S/C6H11N3O2S/c1-7-12(10,11)9-5-6-2-3-8-4-6/h2-4,7-9H,5H2,1H3. The van der Waals surface area contributed by atoms with E-state index in [1.54, 1.807) is 18.5 Å².